The number of carbonyl (C=O) groups is 2. The van der Waals surface area contributed by atoms with E-state index in [1.807, 2.05) is 6.26 Å². The number of amides is 1. The summed E-state index contributed by atoms with van der Waals surface area (Å²) in [6.45, 7) is 1.95. The molecule has 0 aromatic carbocycles. The molecule has 1 heterocycles. The first-order valence-corrected chi connectivity index (χ1v) is 6.96. The third-order valence-electron chi connectivity index (χ3n) is 2.18. The third kappa shape index (κ3) is 4.10. The Kier molecular flexibility index (Phi) is 5.77. The van der Waals surface area contributed by atoms with Crippen LogP contribution in [0.3, 0.4) is 0 Å². The minimum Gasteiger partial charge on any atom is -0.465 e. The lowest BCUT2D eigenvalue weighted by Gasteiger charge is -2.14. The van der Waals surface area contributed by atoms with Crippen LogP contribution in [0.4, 0.5) is 0 Å². The van der Waals surface area contributed by atoms with Crippen molar-refractivity contribution < 1.29 is 18.7 Å². The minimum absolute atomic E-state index is 0.0781. The number of hydrogen-bond donors (Lipinski definition) is 0. The number of furan rings is 1. The van der Waals surface area contributed by atoms with E-state index in [0.717, 1.165) is 11.5 Å². The van der Waals surface area contributed by atoms with E-state index < -0.39 is 5.97 Å². The predicted molar refractivity (Wildman–Crippen MR) is 69.5 cm³/mol. The van der Waals surface area contributed by atoms with Crippen LogP contribution in [-0.4, -0.2) is 43.2 Å². The molecule has 0 N–H and O–H groups in total. The zero-order chi connectivity index (χ0) is 13.5. The second-order valence-electron chi connectivity index (χ2n) is 3.67. The van der Waals surface area contributed by atoms with Crippen molar-refractivity contribution in [2.75, 3.05) is 26.5 Å². The fourth-order valence-corrected chi connectivity index (χ4v) is 1.81. The predicted octanol–water partition coefficient (Wildman–Crippen LogP) is 1.78. The summed E-state index contributed by atoms with van der Waals surface area (Å²) in [5.74, 6) is 0.954. The molecule has 1 aromatic rings. The minimum atomic E-state index is -0.427. The fourth-order valence-electron chi connectivity index (χ4n) is 1.37. The third-order valence-corrected chi connectivity index (χ3v) is 2.75. The van der Waals surface area contributed by atoms with Crippen molar-refractivity contribution in [1.82, 2.24) is 4.90 Å². The molecular weight excluding hydrogens is 254 g/mol. The highest BCUT2D eigenvalue weighted by atomic mass is 32.2. The highest BCUT2D eigenvalue weighted by molar-refractivity contribution is 7.97. The molecule has 18 heavy (non-hydrogen) atoms. The van der Waals surface area contributed by atoms with Gasteiger partial charge in [-0.15, -0.1) is 0 Å². The molecular formula is C12H17NO4S. The maximum atomic E-state index is 11.9. The van der Waals surface area contributed by atoms with Crippen molar-refractivity contribution in [1.29, 1.82) is 0 Å². The number of ether oxygens (including phenoxy) is 1. The molecule has 0 aliphatic heterocycles. The van der Waals surface area contributed by atoms with Crippen molar-refractivity contribution in [3.05, 3.63) is 23.7 Å². The number of esters is 1. The zero-order valence-electron chi connectivity index (χ0n) is 10.8. The number of nitrogens with zero attached hydrogens (tertiary/aromatic N) is 1. The van der Waals surface area contributed by atoms with E-state index in [4.69, 9.17) is 9.15 Å². The molecule has 5 nitrogen and oxygen atoms in total. The van der Waals surface area contributed by atoms with Crippen LogP contribution in [0.2, 0.25) is 0 Å². The topological polar surface area (TPSA) is 59.8 Å². The van der Waals surface area contributed by atoms with Gasteiger partial charge in [0, 0.05) is 7.05 Å². The lowest BCUT2D eigenvalue weighted by atomic mass is 10.4. The number of hydrogen-bond acceptors (Lipinski definition) is 5. The van der Waals surface area contributed by atoms with E-state index in [1.165, 1.54) is 11.9 Å². The Morgan fingerprint density at radius 3 is 2.78 bits per heavy atom. The highest BCUT2D eigenvalue weighted by Gasteiger charge is 2.18. The van der Waals surface area contributed by atoms with Gasteiger partial charge in [0.15, 0.2) is 5.76 Å². The van der Waals surface area contributed by atoms with Gasteiger partial charge in [-0.1, -0.05) is 0 Å². The molecule has 0 aliphatic carbocycles. The van der Waals surface area contributed by atoms with Gasteiger partial charge in [-0.25, -0.2) is 0 Å². The van der Waals surface area contributed by atoms with Crippen LogP contribution in [0.5, 0.6) is 0 Å². The summed E-state index contributed by atoms with van der Waals surface area (Å²) >= 11 is 1.61. The second-order valence-corrected chi connectivity index (χ2v) is 4.53. The molecule has 0 atom stereocenters. The fraction of sp³-hybridized carbons (Fsp3) is 0.500. The van der Waals surface area contributed by atoms with Crippen molar-refractivity contribution >= 4 is 23.6 Å². The maximum absolute atomic E-state index is 11.9. The van der Waals surface area contributed by atoms with E-state index in [0.29, 0.717) is 6.61 Å². The number of likely N-dealkylation sites (N-methyl/N-ethyl adjacent to an activating group) is 1. The average Bonchev–Trinajstić information content (AvgIpc) is 2.77. The molecule has 0 unspecified atom stereocenters. The van der Waals surface area contributed by atoms with Crippen molar-refractivity contribution in [2.24, 2.45) is 0 Å². The Labute approximate surface area is 110 Å². The standard InChI is InChI=1S/C12H17NO4S/c1-4-16-11(14)7-13(2)12(15)10-6-5-9(17-10)8-18-3/h5-6H,4,7-8H2,1-3H3. The number of rotatable bonds is 6. The molecule has 0 bridgehead atoms. The second kappa shape index (κ2) is 7.10. The smallest absolute Gasteiger partial charge is 0.325 e. The Bertz CT molecular complexity index is 416. The number of thioether (sulfide) groups is 1. The maximum Gasteiger partial charge on any atom is 0.325 e. The van der Waals surface area contributed by atoms with Crippen LogP contribution in [0, 0.1) is 0 Å². The first-order chi connectivity index (χ1) is 8.58. The van der Waals surface area contributed by atoms with Crippen LogP contribution in [0.1, 0.15) is 23.2 Å². The normalized spacial score (nSPS) is 10.2. The quantitative estimate of drug-likeness (QED) is 0.738. The van der Waals surface area contributed by atoms with Crippen molar-refractivity contribution in [2.45, 2.75) is 12.7 Å². The zero-order valence-corrected chi connectivity index (χ0v) is 11.6. The summed E-state index contributed by atoms with van der Waals surface area (Å²) in [6.07, 6.45) is 1.96. The SMILES string of the molecule is CCOC(=O)CN(C)C(=O)c1ccc(CSC)o1. The monoisotopic (exact) mass is 271 g/mol. The van der Waals surface area contributed by atoms with E-state index in [1.54, 1.807) is 30.8 Å². The Morgan fingerprint density at radius 1 is 1.44 bits per heavy atom. The van der Waals surface area contributed by atoms with Crippen LogP contribution < -0.4 is 0 Å². The van der Waals surface area contributed by atoms with Gasteiger partial charge in [-0.05, 0) is 25.3 Å². The van der Waals surface area contributed by atoms with Crippen LogP contribution in [0.15, 0.2) is 16.5 Å². The number of carbonyl (C=O) groups excluding carboxylic acids is 2. The van der Waals surface area contributed by atoms with Gasteiger partial charge in [0.25, 0.3) is 5.91 Å². The van der Waals surface area contributed by atoms with Gasteiger partial charge in [0.05, 0.1) is 12.4 Å². The van der Waals surface area contributed by atoms with E-state index in [-0.39, 0.29) is 18.2 Å². The van der Waals surface area contributed by atoms with Gasteiger partial charge in [-0.2, -0.15) is 11.8 Å². The molecule has 1 aromatic heterocycles. The summed E-state index contributed by atoms with van der Waals surface area (Å²) < 4.78 is 10.2. The van der Waals surface area contributed by atoms with Crippen molar-refractivity contribution in [3.8, 4) is 0 Å². The molecule has 0 radical (unpaired) electrons. The Morgan fingerprint density at radius 2 is 2.17 bits per heavy atom. The molecule has 0 saturated carbocycles. The first-order valence-electron chi connectivity index (χ1n) is 5.57. The summed E-state index contributed by atoms with van der Waals surface area (Å²) in [5, 5.41) is 0. The molecule has 1 rings (SSSR count). The molecule has 0 spiro atoms. The molecule has 1 amide bonds. The lowest BCUT2D eigenvalue weighted by Crippen LogP contribution is -2.32. The molecule has 100 valence electrons. The van der Waals surface area contributed by atoms with Crippen LogP contribution >= 0.6 is 11.8 Å². The van der Waals surface area contributed by atoms with Crippen LogP contribution in [0.25, 0.3) is 0 Å². The lowest BCUT2D eigenvalue weighted by molar-refractivity contribution is -0.143. The van der Waals surface area contributed by atoms with Gasteiger partial charge in [0.2, 0.25) is 0 Å². The van der Waals surface area contributed by atoms with Gasteiger partial charge in [0.1, 0.15) is 12.3 Å². The Hall–Kier alpha value is -1.43. The first kappa shape index (κ1) is 14.6. The highest BCUT2D eigenvalue weighted by Crippen LogP contribution is 2.14. The molecule has 0 fully saturated rings. The van der Waals surface area contributed by atoms with E-state index in [9.17, 15) is 9.59 Å². The summed E-state index contributed by atoms with van der Waals surface area (Å²) in [4.78, 5) is 24.4. The van der Waals surface area contributed by atoms with Crippen molar-refractivity contribution in [3.63, 3.8) is 0 Å². The largest absolute Gasteiger partial charge is 0.465 e. The average molecular weight is 271 g/mol. The van der Waals surface area contributed by atoms with Gasteiger partial charge < -0.3 is 14.1 Å². The summed E-state index contributed by atoms with van der Waals surface area (Å²) in [7, 11) is 1.54. The molecule has 6 heteroatoms. The van der Waals surface area contributed by atoms with E-state index in [2.05, 4.69) is 0 Å². The van der Waals surface area contributed by atoms with E-state index >= 15 is 0 Å². The molecule has 0 aliphatic rings. The Balaban J connectivity index is 2.59. The van der Waals surface area contributed by atoms with Gasteiger partial charge in [-0.3, -0.25) is 9.59 Å². The van der Waals surface area contributed by atoms with Crippen LogP contribution in [-0.2, 0) is 15.3 Å². The summed E-state index contributed by atoms with van der Waals surface area (Å²) in [6, 6.07) is 3.39. The van der Waals surface area contributed by atoms with Gasteiger partial charge >= 0.3 is 5.97 Å². The molecule has 0 saturated heterocycles. The summed E-state index contributed by atoms with van der Waals surface area (Å²) in [5.41, 5.74) is 0.